The molecule has 0 atom stereocenters. The first-order valence-corrected chi connectivity index (χ1v) is 8.88. The number of nitrogens with zero attached hydrogens (tertiary/aromatic N) is 1. The Morgan fingerprint density at radius 3 is 2.54 bits per heavy atom. The molecule has 0 unspecified atom stereocenters. The average molecular weight is 377 g/mol. The molecule has 3 rings (SSSR count). The van der Waals surface area contributed by atoms with Gasteiger partial charge in [-0.2, -0.15) is 0 Å². The predicted octanol–water partition coefficient (Wildman–Crippen LogP) is 4.14. The molecular weight excluding hydrogens is 357 g/mol. The van der Waals surface area contributed by atoms with E-state index in [9.17, 15) is 14.0 Å². The number of hydrogen-bond donors (Lipinski definition) is 2. The lowest BCUT2D eigenvalue weighted by molar-refractivity contribution is 0.0952. The first kappa shape index (κ1) is 19.2. The molecule has 1 heterocycles. The minimum absolute atomic E-state index is 0.0148. The van der Waals surface area contributed by atoms with Crippen LogP contribution in [-0.2, 0) is 6.42 Å². The molecule has 142 valence electrons. The summed E-state index contributed by atoms with van der Waals surface area (Å²) in [6.45, 7) is 1.84. The number of amides is 1. The van der Waals surface area contributed by atoms with Gasteiger partial charge in [0.2, 0.25) is 0 Å². The van der Waals surface area contributed by atoms with Crippen molar-refractivity contribution in [3.8, 4) is 0 Å². The van der Waals surface area contributed by atoms with Crippen LogP contribution < -0.4 is 10.6 Å². The lowest BCUT2D eigenvalue weighted by Gasteiger charge is -2.08. The molecule has 0 aliphatic rings. The van der Waals surface area contributed by atoms with Crippen molar-refractivity contribution in [2.75, 3.05) is 11.9 Å². The summed E-state index contributed by atoms with van der Waals surface area (Å²) < 4.78 is 13.6. The minimum atomic E-state index is -0.275. The minimum Gasteiger partial charge on any atom is -0.352 e. The molecule has 1 aromatic heterocycles. The first-order chi connectivity index (χ1) is 13.5. The maximum absolute atomic E-state index is 13.6. The van der Waals surface area contributed by atoms with Crippen LogP contribution in [0.2, 0.25) is 0 Å². The fourth-order valence-electron chi connectivity index (χ4n) is 2.68. The largest absolute Gasteiger partial charge is 0.352 e. The van der Waals surface area contributed by atoms with Crippen molar-refractivity contribution in [3.63, 3.8) is 0 Å². The quantitative estimate of drug-likeness (QED) is 0.607. The van der Waals surface area contributed by atoms with E-state index >= 15 is 0 Å². The standard InChI is InChI=1S/C22H20FN3O2/c1-15(27)17-6-4-7-19(13-17)26-21-10-9-18(14-25-21)22(28)24-12-11-16-5-2-3-8-20(16)23/h2-10,13-14H,11-12H2,1H3,(H,24,28)(H,25,26). The van der Waals surface area contributed by atoms with E-state index in [0.29, 0.717) is 35.5 Å². The van der Waals surface area contributed by atoms with Crippen LogP contribution in [0.15, 0.2) is 66.9 Å². The SMILES string of the molecule is CC(=O)c1cccc(Nc2ccc(C(=O)NCCc3ccccc3F)cn2)c1. The van der Waals surface area contributed by atoms with E-state index in [-0.39, 0.29) is 17.5 Å². The second-order valence-electron chi connectivity index (χ2n) is 6.29. The molecule has 0 aliphatic heterocycles. The molecule has 2 aromatic carbocycles. The van der Waals surface area contributed by atoms with E-state index in [4.69, 9.17) is 0 Å². The van der Waals surface area contributed by atoms with E-state index < -0.39 is 0 Å². The summed E-state index contributed by atoms with van der Waals surface area (Å²) in [6, 6.07) is 17.0. The second-order valence-corrected chi connectivity index (χ2v) is 6.29. The summed E-state index contributed by atoms with van der Waals surface area (Å²) in [5.41, 5.74) is 2.32. The molecule has 0 bridgehead atoms. The molecule has 0 saturated heterocycles. The fraction of sp³-hybridized carbons (Fsp3) is 0.136. The van der Waals surface area contributed by atoms with Gasteiger partial charge in [0.1, 0.15) is 11.6 Å². The van der Waals surface area contributed by atoms with Gasteiger partial charge in [-0.15, -0.1) is 0 Å². The van der Waals surface area contributed by atoms with Crippen LogP contribution in [0.5, 0.6) is 0 Å². The van der Waals surface area contributed by atoms with Crippen LogP contribution in [-0.4, -0.2) is 23.2 Å². The molecule has 0 spiro atoms. The zero-order valence-electron chi connectivity index (χ0n) is 15.4. The number of carbonyl (C=O) groups is 2. The monoisotopic (exact) mass is 377 g/mol. The van der Waals surface area contributed by atoms with Crippen molar-refractivity contribution in [1.82, 2.24) is 10.3 Å². The molecule has 28 heavy (non-hydrogen) atoms. The number of rotatable bonds is 7. The average Bonchev–Trinajstić information content (AvgIpc) is 2.70. The van der Waals surface area contributed by atoms with E-state index in [1.54, 1.807) is 48.5 Å². The summed E-state index contributed by atoms with van der Waals surface area (Å²) in [5, 5.41) is 5.86. The zero-order valence-corrected chi connectivity index (χ0v) is 15.4. The van der Waals surface area contributed by atoms with Gasteiger partial charge in [-0.05, 0) is 49.2 Å². The van der Waals surface area contributed by atoms with Crippen LogP contribution in [0.4, 0.5) is 15.9 Å². The highest BCUT2D eigenvalue weighted by Crippen LogP contribution is 2.16. The van der Waals surface area contributed by atoms with Gasteiger partial charge in [-0.3, -0.25) is 9.59 Å². The molecule has 0 radical (unpaired) electrons. The highest BCUT2D eigenvalue weighted by atomic mass is 19.1. The van der Waals surface area contributed by atoms with Crippen molar-refractivity contribution in [2.24, 2.45) is 0 Å². The topological polar surface area (TPSA) is 71.1 Å². The maximum Gasteiger partial charge on any atom is 0.252 e. The smallest absolute Gasteiger partial charge is 0.252 e. The number of halogens is 1. The lowest BCUT2D eigenvalue weighted by Crippen LogP contribution is -2.26. The van der Waals surface area contributed by atoms with Crippen LogP contribution in [0.25, 0.3) is 0 Å². The highest BCUT2D eigenvalue weighted by molar-refractivity contribution is 5.95. The van der Waals surface area contributed by atoms with Crippen molar-refractivity contribution < 1.29 is 14.0 Å². The molecular formula is C22H20FN3O2. The Kier molecular flexibility index (Phi) is 6.11. The Morgan fingerprint density at radius 1 is 1.00 bits per heavy atom. The second kappa shape index (κ2) is 8.90. The summed E-state index contributed by atoms with van der Waals surface area (Å²) in [7, 11) is 0. The Labute approximate surface area is 162 Å². The van der Waals surface area contributed by atoms with Gasteiger partial charge in [-0.1, -0.05) is 30.3 Å². The molecule has 0 fully saturated rings. The van der Waals surface area contributed by atoms with Crippen LogP contribution in [0.1, 0.15) is 33.2 Å². The van der Waals surface area contributed by atoms with Gasteiger partial charge in [0.05, 0.1) is 5.56 Å². The molecule has 0 aliphatic carbocycles. The van der Waals surface area contributed by atoms with Crippen LogP contribution in [0.3, 0.4) is 0 Å². The van der Waals surface area contributed by atoms with Gasteiger partial charge in [0, 0.05) is 24.0 Å². The maximum atomic E-state index is 13.6. The third kappa shape index (κ3) is 5.01. The zero-order chi connectivity index (χ0) is 19.9. The highest BCUT2D eigenvalue weighted by Gasteiger charge is 2.08. The van der Waals surface area contributed by atoms with Gasteiger partial charge in [-0.25, -0.2) is 9.37 Å². The van der Waals surface area contributed by atoms with Crippen LogP contribution >= 0.6 is 0 Å². The molecule has 0 saturated carbocycles. The van der Waals surface area contributed by atoms with E-state index in [0.717, 1.165) is 5.69 Å². The molecule has 5 nitrogen and oxygen atoms in total. The lowest BCUT2D eigenvalue weighted by atomic mass is 10.1. The summed E-state index contributed by atoms with van der Waals surface area (Å²) in [5.74, 6) is -0.000674. The van der Waals surface area contributed by atoms with E-state index in [1.165, 1.54) is 19.2 Å². The first-order valence-electron chi connectivity index (χ1n) is 8.88. The molecule has 1 amide bonds. The van der Waals surface area contributed by atoms with Crippen LogP contribution in [0, 0.1) is 5.82 Å². The normalized spacial score (nSPS) is 10.4. The van der Waals surface area contributed by atoms with E-state index in [2.05, 4.69) is 15.6 Å². The molecule has 3 aromatic rings. The Hall–Kier alpha value is -3.54. The summed E-state index contributed by atoms with van der Waals surface area (Å²) in [6.07, 6.45) is 1.88. The van der Waals surface area contributed by atoms with Gasteiger partial charge >= 0.3 is 0 Å². The van der Waals surface area contributed by atoms with Crippen molar-refractivity contribution in [1.29, 1.82) is 0 Å². The van der Waals surface area contributed by atoms with Crippen molar-refractivity contribution in [3.05, 3.63) is 89.4 Å². The third-order valence-electron chi connectivity index (χ3n) is 4.20. The third-order valence-corrected chi connectivity index (χ3v) is 4.20. The van der Waals surface area contributed by atoms with Gasteiger partial charge in [0.25, 0.3) is 5.91 Å². The number of ketones is 1. The Morgan fingerprint density at radius 2 is 1.82 bits per heavy atom. The van der Waals surface area contributed by atoms with Gasteiger partial charge < -0.3 is 10.6 Å². The Balaban J connectivity index is 1.56. The van der Waals surface area contributed by atoms with Crippen molar-refractivity contribution in [2.45, 2.75) is 13.3 Å². The fourth-order valence-corrected chi connectivity index (χ4v) is 2.68. The summed E-state index contributed by atoms with van der Waals surface area (Å²) >= 11 is 0. The number of nitrogens with one attached hydrogen (secondary N) is 2. The molecule has 2 N–H and O–H groups in total. The van der Waals surface area contributed by atoms with Gasteiger partial charge in [0.15, 0.2) is 5.78 Å². The summed E-state index contributed by atoms with van der Waals surface area (Å²) in [4.78, 5) is 27.9. The Bertz CT molecular complexity index is 987. The van der Waals surface area contributed by atoms with Crippen molar-refractivity contribution >= 4 is 23.2 Å². The molecule has 6 heteroatoms. The number of anilines is 2. The number of carbonyl (C=O) groups excluding carboxylic acids is 2. The number of pyridine rings is 1. The number of aromatic nitrogens is 1. The van der Waals surface area contributed by atoms with E-state index in [1.807, 2.05) is 6.07 Å². The predicted molar refractivity (Wildman–Crippen MR) is 106 cm³/mol. The number of benzene rings is 2. The number of Topliss-reactive ketones (excluding diaryl/α,β-unsaturated/α-hetero) is 1. The number of hydrogen-bond acceptors (Lipinski definition) is 4.